The summed E-state index contributed by atoms with van der Waals surface area (Å²) in [6, 6.07) is 11.3. The highest BCUT2D eigenvalue weighted by Gasteiger charge is 2.30. The van der Waals surface area contributed by atoms with Gasteiger partial charge >= 0.3 is 5.69 Å². The summed E-state index contributed by atoms with van der Waals surface area (Å²) in [6.07, 6.45) is 5.38. The van der Waals surface area contributed by atoms with Crippen LogP contribution < -0.4 is 15.9 Å². The van der Waals surface area contributed by atoms with E-state index in [9.17, 15) is 9.59 Å². The average Bonchev–Trinajstić information content (AvgIpc) is 3.52. The Balaban J connectivity index is 1.45. The van der Waals surface area contributed by atoms with Crippen LogP contribution in [0.5, 0.6) is 0 Å². The minimum absolute atomic E-state index is 0.143. The number of nitrogens with one attached hydrogen (secondary N) is 1. The van der Waals surface area contributed by atoms with Crippen molar-refractivity contribution in [2.75, 3.05) is 25.5 Å². The zero-order valence-corrected chi connectivity index (χ0v) is 16.6. The first kappa shape index (κ1) is 18.9. The first-order valence-electron chi connectivity index (χ1n) is 9.70. The summed E-state index contributed by atoms with van der Waals surface area (Å²) in [6.45, 7) is 0.635. The molecule has 0 atom stereocenters. The molecule has 0 radical (unpaired) electrons. The van der Waals surface area contributed by atoms with Crippen molar-refractivity contribution in [3.63, 3.8) is 0 Å². The van der Waals surface area contributed by atoms with E-state index in [1.807, 2.05) is 43.3 Å². The number of aromatic nitrogens is 4. The summed E-state index contributed by atoms with van der Waals surface area (Å²) in [5, 5.41) is 7.37. The molecule has 1 amide bonds. The molecule has 2 aromatic heterocycles. The second-order valence-corrected chi connectivity index (χ2v) is 7.37. The van der Waals surface area contributed by atoms with Crippen molar-refractivity contribution in [3.05, 3.63) is 64.8 Å². The molecule has 8 heteroatoms. The number of amides is 1. The molecule has 2 heterocycles. The third-order valence-corrected chi connectivity index (χ3v) is 4.96. The molecule has 1 saturated carbocycles. The number of benzene rings is 1. The summed E-state index contributed by atoms with van der Waals surface area (Å²) in [7, 11) is 3.90. The first-order valence-corrected chi connectivity index (χ1v) is 9.70. The number of nitrogens with zero attached hydrogens (tertiary/aromatic N) is 5. The van der Waals surface area contributed by atoms with Gasteiger partial charge in [0.1, 0.15) is 0 Å². The molecule has 4 rings (SSSR count). The SMILES string of the molecule is CN(C)c1ccc(C(=O)NCCn2nc(-c3cccnc3)n(C3CC3)c2=O)cc1. The molecule has 8 nitrogen and oxygen atoms in total. The van der Waals surface area contributed by atoms with Gasteiger partial charge in [-0.05, 0) is 49.2 Å². The van der Waals surface area contributed by atoms with E-state index in [1.165, 1.54) is 4.68 Å². The molecule has 1 fully saturated rings. The molecular weight excluding hydrogens is 368 g/mol. The van der Waals surface area contributed by atoms with Crippen LogP contribution in [-0.2, 0) is 6.54 Å². The van der Waals surface area contributed by atoms with Crippen molar-refractivity contribution in [2.24, 2.45) is 0 Å². The third-order valence-electron chi connectivity index (χ3n) is 4.96. The molecule has 0 spiro atoms. The van der Waals surface area contributed by atoms with Crippen molar-refractivity contribution < 1.29 is 4.79 Å². The van der Waals surface area contributed by atoms with Crippen LogP contribution in [0.1, 0.15) is 29.2 Å². The number of rotatable bonds is 7. The molecule has 0 unspecified atom stereocenters. The highest BCUT2D eigenvalue weighted by atomic mass is 16.2. The molecule has 0 bridgehead atoms. The van der Waals surface area contributed by atoms with Crippen LogP contribution in [0.15, 0.2) is 53.6 Å². The highest BCUT2D eigenvalue weighted by Crippen LogP contribution is 2.36. The maximum Gasteiger partial charge on any atom is 0.346 e. The summed E-state index contributed by atoms with van der Waals surface area (Å²) >= 11 is 0. The average molecular weight is 392 g/mol. The Bertz CT molecular complexity index is 1050. The van der Waals surface area contributed by atoms with Crippen LogP contribution >= 0.6 is 0 Å². The minimum atomic E-state index is -0.169. The van der Waals surface area contributed by atoms with Gasteiger partial charge in [0.25, 0.3) is 5.91 Å². The van der Waals surface area contributed by atoms with Crippen LogP contribution in [0.4, 0.5) is 5.69 Å². The predicted molar refractivity (Wildman–Crippen MR) is 111 cm³/mol. The van der Waals surface area contributed by atoms with Crippen molar-refractivity contribution in [1.29, 1.82) is 0 Å². The molecule has 1 aliphatic rings. The molecule has 1 aliphatic carbocycles. The third kappa shape index (κ3) is 4.06. The smallest absolute Gasteiger partial charge is 0.346 e. The fourth-order valence-electron chi connectivity index (χ4n) is 3.21. The summed E-state index contributed by atoms with van der Waals surface area (Å²) in [4.78, 5) is 31.3. The molecule has 1 N–H and O–H groups in total. The van der Waals surface area contributed by atoms with Gasteiger partial charge in [0, 0.05) is 55.9 Å². The van der Waals surface area contributed by atoms with Gasteiger partial charge in [0.2, 0.25) is 0 Å². The van der Waals surface area contributed by atoms with Crippen molar-refractivity contribution in [2.45, 2.75) is 25.4 Å². The van der Waals surface area contributed by atoms with Crippen LogP contribution in [0.25, 0.3) is 11.4 Å². The lowest BCUT2D eigenvalue weighted by Gasteiger charge is -2.12. The van der Waals surface area contributed by atoms with E-state index in [4.69, 9.17) is 0 Å². The van der Waals surface area contributed by atoms with Crippen LogP contribution in [0, 0.1) is 0 Å². The maximum atomic E-state index is 12.8. The van der Waals surface area contributed by atoms with E-state index in [-0.39, 0.29) is 17.6 Å². The zero-order chi connectivity index (χ0) is 20.4. The number of anilines is 1. The van der Waals surface area contributed by atoms with Crippen molar-refractivity contribution >= 4 is 11.6 Å². The number of carbonyl (C=O) groups is 1. The Morgan fingerprint density at radius 1 is 1.21 bits per heavy atom. The standard InChI is InChI=1S/C21H24N6O2/c1-25(2)17-7-5-15(6-8-17)20(28)23-12-13-26-21(29)27(18-9-10-18)19(24-26)16-4-3-11-22-14-16/h3-8,11,14,18H,9-10,12-13H2,1-2H3,(H,23,28). The largest absolute Gasteiger partial charge is 0.378 e. The zero-order valence-electron chi connectivity index (χ0n) is 16.6. The minimum Gasteiger partial charge on any atom is -0.378 e. The maximum absolute atomic E-state index is 12.8. The lowest BCUT2D eigenvalue weighted by Crippen LogP contribution is -2.32. The number of pyridine rings is 1. The van der Waals surface area contributed by atoms with Crippen molar-refractivity contribution in [3.8, 4) is 11.4 Å². The lowest BCUT2D eigenvalue weighted by molar-refractivity contribution is 0.0952. The van der Waals surface area contributed by atoms with E-state index in [0.717, 1.165) is 24.1 Å². The van der Waals surface area contributed by atoms with E-state index in [0.29, 0.717) is 24.5 Å². The molecule has 29 heavy (non-hydrogen) atoms. The molecule has 0 aliphatic heterocycles. The van der Waals surface area contributed by atoms with Crippen LogP contribution in [0.2, 0.25) is 0 Å². The van der Waals surface area contributed by atoms with Gasteiger partial charge in [-0.25, -0.2) is 9.48 Å². The Labute approximate surface area is 168 Å². The Hall–Kier alpha value is -3.42. The predicted octanol–water partition coefficient (Wildman–Crippen LogP) is 1.94. The van der Waals surface area contributed by atoms with E-state index in [1.54, 1.807) is 29.1 Å². The summed E-state index contributed by atoms with van der Waals surface area (Å²) in [5.41, 5.74) is 2.29. The summed E-state index contributed by atoms with van der Waals surface area (Å²) < 4.78 is 3.18. The van der Waals surface area contributed by atoms with Gasteiger partial charge in [0.05, 0.1) is 6.54 Å². The Morgan fingerprint density at radius 2 is 1.97 bits per heavy atom. The van der Waals surface area contributed by atoms with Gasteiger partial charge in [-0.2, -0.15) is 0 Å². The van der Waals surface area contributed by atoms with Crippen molar-refractivity contribution in [1.82, 2.24) is 24.6 Å². The fourth-order valence-corrected chi connectivity index (χ4v) is 3.21. The highest BCUT2D eigenvalue weighted by molar-refractivity contribution is 5.94. The Morgan fingerprint density at radius 3 is 2.59 bits per heavy atom. The van der Waals surface area contributed by atoms with Gasteiger partial charge < -0.3 is 10.2 Å². The number of carbonyl (C=O) groups excluding carboxylic acids is 1. The van der Waals surface area contributed by atoms with E-state index >= 15 is 0 Å². The monoisotopic (exact) mass is 392 g/mol. The topological polar surface area (TPSA) is 85.1 Å². The van der Waals surface area contributed by atoms with Gasteiger partial charge in [-0.1, -0.05) is 0 Å². The quantitative estimate of drug-likeness (QED) is 0.664. The second-order valence-electron chi connectivity index (χ2n) is 7.37. The normalized spacial score (nSPS) is 13.3. The molecule has 1 aromatic carbocycles. The second kappa shape index (κ2) is 7.90. The lowest BCUT2D eigenvalue weighted by atomic mass is 10.2. The van der Waals surface area contributed by atoms with Gasteiger partial charge in [-0.3, -0.25) is 14.3 Å². The van der Waals surface area contributed by atoms with E-state index < -0.39 is 0 Å². The van der Waals surface area contributed by atoms with Gasteiger partial charge in [-0.15, -0.1) is 5.10 Å². The number of hydrogen-bond donors (Lipinski definition) is 1. The molecule has 150 valence electrons. The van der Waals surface area contributed by atoms with Crippen LogP contribution in [-0.4, -0.2) is 45.9 Å². The van der Waals surface area contributed by atoms with Crippen LogP contribution in [0.3, 0.4) is 0 Å². The summed E-state index contributed by atoms with van der Waals surface area (Å²) in [5.74, 6) is 0.466. The molecule has 3 aromatic rings. The molecule has 0 saturated heterocycles. The number of hydrogen-bond acceptors (Lipinski definition) is 5. The molecular formula is C21H24N6O2. The first-order chi connectivity index (χ1) is 14.0. The fraction of sp³-hybridized carbons (Fsp3) is 0.333. The van der Waals surface area contributed by atoms with E-state index in [2.05, 4.69) is 15.4 Å². The Kier molecular flexibility index (Phi) is 5.16. The van der Waals surface area contributed by atoms with Gasteiger partial charge in [0.15, 0.2) is 5.82 Å².